The van der Waals surface area contributed by atoms with Crippen molar-refractivity contribution in [3.63, 3.8) is 0 Å². The molecule has 93 heavy (non-hydrogen) atoms. The fourth-order valence-electron chi connectivity index (χ4n) is 11.4. The number of ether oxygens (including phenoxy) is 4. The second-order valence-corrected chi connectivity index (χ2v) is 29.6. The Hall–Kier alpha value is -1.94. The molecule has 5 atom stereocenters. The number of rotatable bonds is 75. The molecular formula is C74H144O17P2. The van der Waals surface area contributed by atoms with E-state index in [1.807, 2.05) is 0 Å². The molecule has 0 saturated heterocycles. The molecule has 0 aliphatic heterocycles. The second-order valence-electron chi connectivity index (χ2n) is 26.7. The molecule has 0 bridgehead atoms. The summed E-state index contributed by atoms with van der Waals surface area (Å²) in [5.41, 5.74) is 0. The first-order chi connectivity index (χ1) is 45.2. The Balaban J connectivity index is 5.10. The van der Waals surface area contributed by atoms with Gasteiger partial charge in [-0.05, 0) is 25.7 Å². The Bertz CT molecular complexity index is 1770. The molecule has 0 rings (SSSR count). The summed E-state index contributed by atoms with van der Waals surface area (Å²) in [6.07, 6.45) is 58.8. The fraction of sp³-hybridized carbons (Fsp3) is 0.946. The Morgan fingerprint density at radius 1 is 0.258 bits per heavy atom. The van der Waals surface area contributed by atoms with Gasteiger partial charge in [0.15, 0.2) is 12.2 Å². The van der Waals surface area contributed by atoms with Gasteiger partial charge in [-0.25, -0.2) is 9.13 Å². The minimum Gasteiger partial charge on any atom is -0.462 e. The van der Waals surface area contributed by atoms with Gasteiger partial charge in [-0.2, -0.15) is 0 Å². The van der Waals surface area contributed by atoms with Crippen LogP contribution in [0.4, 0.5) is 0 Å². The lowest BCUT2D eigenvalue weighted by Crippen LogP contribution is -2.30. The standard InChI is InChI=1S/C74H144O17P2/c1-5-9-13-17-20-23-26-29-31-32-33-34-35-36-37-38-40-43-46-49-53-57-61-74(79)91-70(65-85-72(77)59-55-51-47-44-42-39-30-27-24-21-18-14-10-6-2)67-89-93(82,83)87-63-68(75)62-86-92(80,81)88-66-69(64-84-71(76)58-54-50-16-12-8-4)90-73(78)60-56-52-48-45-41-28-25-22-19-15-11-7-3/h68-70,75H,5-67H2,1-4H3,(H,80,81)(H,82,83)/t68-,69+,70+/m0/s1. The van der Waals surface area contributed by atoms with Crippen molar-refractivity contribution in [2.45, 2.75) is 412 Å². The highest BCUT2D eigenvalue weighted by atomic mass is 31.2. The molecule has 0 aliphatic carbocycles. The van der Waals surface area contributed by atoms with Gasteiger partial charge in [-0.1, -0.05) is 342 Å². The molecule has 0 amide bonds. The van der Waals surface area contributed by atoms with Gasteiger partial charge in [0.1, 0.15) is 19.3 Å². The summed E-state index contributed by atoms with van der Waals surface area (Å²) >= 11 is 0. The summed E-state index contributed by atoms with van der Waals surface area (Å²) in [6.45, 7) is 4.88. The maximum Gasteiger partial charge on any atom is 0.472 e. The highest BCUT2D eigenvalue weighted by molar-refractivity contribution is 7.47. The predicted octanol–water partition coefficient (Wildman–Crippen LogP) is 21.8. The lowest BCUT2D eigenvalue weighted by Gasteiger charge is -2.21. The lowest BCUT2D eigenvalue weighted by molar-refractivity contribution is -0.161. The van der Waals surface area contributed by atoms with Gasteiger partial charge in [0, 0.05) is 25.7 Å². The number of carbonyl (C=O) groups excluding carboxylic acids is 4. The van der Waals surface area contributed by atoms with Gasteiger partial charge in [0.25, 0.3) is 0 Å². The van der Waals surface area contributed by atoms with Crippen molar-refractivity contribution in [1.82, 2.24) is 0 Å². The zero-order valence-electron chi connectivity index (χ0n) is 60.2. The summed E-state index contributed by atoms with van der Waals surface area (Å²) in [4.78, 5) is 72.4. The molecule has 17 nitrogen and oxygen atoms in total. The minimum absolute atomic E-state index is 0.107. The van der Waals surface area contributed by atoms with Crippen LogP contribution < -0.4 is 0 Å². The molecule has 0 fully saturated rings. The summed E-state index contributed by atoms with van der Waals surface area (Å²) in [5.74, 6) is -2.13. The first-order valence-corrected chi connectivity index (χ1v) is 41.8. The minimum atomic E-state index is -4.95. The van der Waals surface area contributed by atoms with Crippen molar-refractivity contribution < 1.29 is 80.2 Å². The van der Waals surface area contributed by atoms with Crippen molar-refractivity contribution in [3.8, 4) is 0 Å². The number of aliphatic hydroxyl groups excluding tert-OH is 1. The van der Waals surface area contributed by atoms with E-state index in [2.05, 4.69) is 27.7 Å². The first-order valence-electron chi connectivity index (χ1n) is 38.8. The van der Waals surface area contributed by atoms with Crippen LogP contribution in [0.5, 0.6) is 0 Å². The quantitative estimate of drug-likeness (QED) is 0.0222. The molecule has 2 unspecified atom stereocenters. The topological polar surface area (TPSA) is 237 Å². The van der Waals surface area contributed by atoms with E-state index < -0.39 is 97.5 Å². The highest BCUT2D eigenvalue weighted by Crippen LogP contribution is 2.45. The Morgan fingerprint density at radius 3 is 0.634 bits per heavy atom. The van der Waals surface area contributed by atoms with Crippen LogP contribution >= 0.6 is 15.6 Å². The molecule has 0 spiro atoms. The molecule has 0 radical (unpaired) electrons. The molecule has 0 saturated carbocycles. The van der Waals surface area contributed by atoms with Crippen LogP contribution in [0.25, 0.3) is 0 Å². The van der Waals surface area contributed by atoms with E-state index in [9.17, 15) is 43.2 Å². The van der Waals surface area contributed by atoms with E-state index in [-0.39, 0.29) is 25.7 Å². The third-order valence-corrected chi connectivity index (χ3v) is 19.3. The zero-order valence-corrected chi connectivity index (χ0v) is 62.0. The van der Waals surface area contributed by atoms with Gasteiger partial charge < -0.3 is 33.8 Å². The SMILES string of the molecule is CCCCCCCCCCCCCCCCCCCCCCCCC(=O)O[C@H](COC(=O)CCCCCCCCCCCCCCCC)COP(=O)(O)OC[C@@H](O)COP(=O)(O)OC[C@@H](COC(=O)CCCCCCC)OC(=O)CCCCCCCCCCCCCC. The Morgan fingerprint density at radius 2 is 0.430 bits per heavy atom. The van der Waals surface area contributed by atoms with E-state index in [4.69, 9.17) is 37.0 Å². The number of unbranched alkanes of at least 4 members (excludes halogenated alkanes) is 49. The summed E-state index contributed by atoms with van der Waals surface area (Å²) < 4.78 is 68.2. The highest BCUT2D eigenvalue weighted by Gasteiger charge is 2.30. The molecule has 0 heterocycles. The third-order valence-electron chi connectivity index (χ3n) is 17.4. The van der Waals surface area contributed by atoms with E-state index in [1.165, 1.54) is 218 Å². The first kappa shape index (κ1) is 91.1. The smallest absolute Gasteiger partial charge is 0.462 e. The molecule has 552 valence electrons. The van der Waals surface area contributed by atoms with Crippen LogP contribution in [-0.2, 0) is 65.4 Å². The molecule has 19 heteroatoms. The molecule has 0 aromatic rings. The number of hydrogen-bond acceptors (Lipinski definition) is 15. The van der Waals surface area contributed by atoms with Gasteiger partial charge >= 0.3 is 39.5 Å². The maximum atomic E-state index is 13.1. The Kier molecular flexibility index (Phi) is 67.1. The number of phosphoric ester groups is 2. The average molecular weight is 1370 g/mol. The number of aliphatic hydroxyl groups is 1. The van der Waals surface area contributed by atoms with Crippen molar-refractivity contribution >= 4 is 39.5 Å². The van der Waals surface area contributed by atoms with Gasteiger partial charge in [-0.3, -0.25) is 37.3 Å². The summed E-state index contributed by atoms with van der Waals surface area (Å²) in [7, 11) is -9.89. The predicted molar refractivity (Wildman–Crippen MR) is 377 cm³/mol. The molecule has 0 aromatic carbocycles. The summed E-state index contributed by atoms with van der Waals surface area (Å²) in [5, 5.41) is 10.6. The lowest BCUT2D eigenvalue weighted by atomic mass is 10.0. The van der Waals surface area contributed by atoms with Gasteiger partial charge in [0.05, 0.1) is 26.4 Å². The molecular weight excluding hydrogens is 1220 g/mol. The van der Waals surface area contributed by atoms with Crippen molar-refractivity contribution in [1.29, 1.82) is 0 Å². The van der Waals surface area contributed by atoms with Crippen LogP contribution in [0.2, 0.25) is 0 Å². The number of esters is 4. The van der Waals surface area contributed by atoms with E-state index in [0.717, 1.165) is 96.3 Å². The van der Waals surface area contributed by atoms with Crippen LogP contribution in [0.1, 0.15) is 394 Å². The Labute approximate surface area is 568 Å². The van der Waals surface area contributed by atoms with Crippen LogP contribution in [-0.4, -0.2) is 96.7 Å². The third kappa shape index (κ3) is 68.4. The van der Waals surface area contributed by atoms with E-state index in [1.54, 1.807) is 0 Å². The van der Waals surface area contributed by atoms with E-state index >= 15 is 0 Å². The number of carbonyl (C=O) groups is 4. The van der Waals surface area contributed by atoms with Crippen molar-refractivity contribution in [2.24, 2.45) is 0 Å². The van der Waals surface area contributed by atoms with Gasteiger partial charge in [-0.15, -0.1) is 0 Å². The molecule has 0 aromatic heterocycles. The normalized spacial score (nSPS) is 13.9. The van der Waals surface area contributed by atoms with Gasteiger partial charge in [0.2, 0.25) is 0 Å². The monoisotopic (exact) mass is 1370 g/mol. The zero-order chi connectivity index (χ0) is 68.2. The van der Waals surface area contributed by atoms with E-state index in [0.29, 0.717) is 25.7 Å². The number of phosphoric acid groups is 2. The van der Waals surface area contributed by atoms with Crippen molar-refractivity contribution in [2.75, 3.05) is 39.6 Å². The molecule has 3 N–H and O–H groups in total. The van der Waals surface area contributed by atoms with Crippen molar-refractivity contribution in [3.05, 3.63) is 0 Å². The largest absolute Gasteiger partial charge is 0.472 e. The summed E-state index contributed by atoms with van der Waals surface area (Å²) in [6, 6.07) is 0. The molecule has 0 aliphatic rings. The second kappa shape index (κ2) is 68.6. The maximum absolute atomic E-state index is 13.1. The fourth-order valence-corrected chi connectivity index (χ4v) is 13.0. The average Bonchev–Trinajstić information content (AvgIpc) is 3.42. The van der Waals surface area contributed by atoms with Crippen LogP contribution in [0.3, 0.4) is 0 Å². The van der Waals surface area contributed by atoms with Crippen LogP contribution in [0.15, 0.2) is 0 Å². The van der Waals surface area contributed by atoms with Crippen LogP contribution in [0, 0.1) is 0 Å². The number of hydrogen-bond donors (Lipinski definition) is 3.